The van der Waals surface area contributed by atoms with Crippen LogP contribution >= 0.6 is 11.3 Å². The first kappa shape index (κ1) is 15.0. The zero-order valence-electron chi connectivity index (χ0n) is 11.1. The van der Waals surface area contributed by atoms with Crippen LogP contribution in [0, 0.1) is 6.92 Å². The van der Waals surface area contributed by atoms with Crippen LogP contribution in [0.15, 0.2) is 28.7 Å². The van der Waals surface area contributed by atoms with Gasteiger partial charge in [-0.1, -0.05) is 6.07 Å². The molecule has 6 nitrogen and oxygen atoms in total. The second-order valence-electron chi connectivity index (χ2n) is 4.33. The van der Waals surface area contributed by atoms with E-state index in [9.17, 15) is 8.42 Å². The van der Waals surface area contributed by atoms with Gasteiger partial charge >= 0.3 is 0 Å². The topological polar surface area (TPSA) is 92.2 Å². The van der Waals surface area contributed by atoms with Crippen molar-refractivity contribution in [2.45, 2.75) is 31.5 Å². The number of hydrogen-bond acceptors (Lipinski definition) is 6. The number of aliphatic hydroxyl groups is 1. The van der Waals surface area contributed by atoms with Crippen molar-refractivity contribution < 1.29 is 13.5 Å². The maximum Gasteiger partial charge on any atom is 0.258 e. The summed E-state index contributed by atoms with van der Waals surface area (Å²) in [5, 5.41) is 11.4. The molecule has 108 valence electrons. The quantitative estimate of drug-likeness (QED) is 0.870. The molecular weight excluding hydrogens is 298 g/mol. The second kappa shape index (κ2) is 5.96. The van der Waals surface area contributed by atoms with Crippen LogP contribution in [0.2, 0.25) is 0 Å². The maximum absolute atomic E-state index is 12.2. The van der Waals surface area contributed by atoms with Gasteiger partial charge in [0.15, 0.2) is 5.03 Å². The van der Waals surface area contributed by atoms with Gasteiger partial charge in [0.25, 0.3) is 10.0 Å². The number of nitrogens with one attached hydrogen (secondary N) is 1. The van der Waals surface area contributed by atoms with Crippen LogP contribution in [-0.4, -0.2) is 23.5 Å². The van der Waals surface area contributed by atoms with Gasteiger partial charge in [-0.05, 0) is 25.5 Å². The molecule has 0 bridgehead atoms. The molecule has 0 saturated heterocycles. The lowest BCUT2D eigenvalue weighted by Gasteiger charge is -2.11. The van der Waals surface area contributed by atoms with Crippen molar-refractivity contribution in [3.05, 3.63) is 40.0 Å². The molecule has 2 N–H and O–H groups in total. The third-order valence-corrected chi connectivity index (χ3v) is 5.20. The number of aliphatic hydroxyl groups excluding tert-OH is 1. The Hall–Kier alpha value is -1.35. The molecular formula is C12H15N3O3S2. The van der Waals surface area contributed by atoms with Gasteiger partial charge in [-0.15, -0.1) is 11.3 Å². The highest BCUT2D eigenvalue weighted by Gasteiger charge is 2.21. The summed E-state index contributed by atoms with van der Waals surface area (Å²) in [6, 6.07) is 2.48. The van der Waals surface area contributed by atoms with Crippen molar-refractivity contribution >= 4 is 21.4 Å². The highest BCUT2D eigenvalue weighted by Crippen LogP contribution is 2.19. The summed E-state index contributed by atoms with van der Waals surface area (Å²) in [6.07, 6.45) is 1.34. The third-order valence-electron chi connectivity index (χ3n) is 2.59. The van der Waals surface area contributed by atoms with Gasteiger partial charge in [0.2, 0.25) is 0 Å². The number of hydrogen-bond donors (Lipinski definition) is 2. The van der Waals surface area contributed by atoms with E-state index >= 15 is 0 Å². The lowest BCUT2D eigenvalue weighted by atomic mass is 10.3. The highest BCUT2D eigenvalue weighted by atomic mass is 32.2. The predicted octanol–water partition coefficient (Wildman–Crippen LogP) is 1.38. The number of nitrogens with zero attached hydrogens (tertiary/aromatic N) is 2. The second-order valence-corrected chi connectivity index (χ2v) is 6.88. The summed E-state index contributed by atoms with van der Waals surface area (Å²) in [5.74, 6) is 0. The minimum absolute atomic E-state index is 0.0742. The first-order valence-corrected chi connectivity index (χ1v) is 8.29. The summed E-state index contributed by atoms with van der Waals surface area (Å²) in [7, 11) is -3.70. The molecule has 0 aliphatic rings. The van der Waals surface area contributed by atoms with Gasteiger partial charge in [0.1, 0.15) is 5.01 Å². The van der Waals surface area contributed by atoms with Gasteiger partial charge in [0.05, 0.1) is 12.6 Å². The predicted molar refractivity (Wildman–Crippen MR) is 75.7 cm³/mol. The fourth-order valence-corrected chi connectivity index (χ4v) is 3.59. The van der Waals surface area contributed by atoms with E-state index in [1.54, 1.807) is 6.92 Å². The molecule has 1 unspecified atom stereocenters. The summed E-state index contributed by atoms with van der Waals surface area (Å²) in [5.41, 5.74) is 1.43. The van der Waals surface area contributed by atoms with Crippen molar-refractivity contribution in [2.24, 2.45) is 0 Å². The monoisotopic (exact) mass is 313 g/mol. The molecule has 20 heavy (non-hydrogen) atoms. The molecule has 0 aliphatic heterocycles. The van der Waals surface area contributed by atoms with Crippen molar-refractivity contribution in [2.75, 3.05) is 0 Å². The van der Waals surface area contributed by atoms with Gasteiger partial charge in [-0.2, -0.15) is 0 Å². The van der Waals surface area contributed by atoms with Crippen molar-refractivity contribution in [1.82, 2.24) is 14.7 Å². The van der Waals surface area contributed by atoms with Crippen molar-refractivity contribution in [1.29, 1.82) is 0 Å². The van der Waals surface area contributed by atoms with E-state index in [2.05, 4.69) is 14.7 Å². The van der Waals surface area contributed by atoms with E-state index < -0.39 is 16.1 Å². The molecule has 0 radical (unpaired) electrons. The first-order valence-electron chi connectivity index (χ1n) is 5.92. The summed E-state index contributed by atoms with van der Waals surface area (Å²) in [6.45, 7) is 3.42. The van der Waals surface area contributed by atoms with Crippen LogP contribution in [0.3, 0.4) is 0 Å². The summed E-state index contributed by atoms with van der Waals surface area (Å²) in [4.78, 5) is 8.10. The molecule has 0 aromatic carbocycles. The van der Waals surface area contributed by atoms with Gasteiger partial charge in [0, 0.05) is 17.3 Å². The molecule has 8 heteroatoms. The van der Waals surface area contributed by atoms with Gasteiger partial charge in [-0.25, -0.2) is 23.1 Å². The number of aryl methyl sites for hydroxylation is 1. The number of thiazole rings is 1. The average molecular weight is 313 g/mol. The third kappa shape index (κ3) is 3.40. The van der Waals surface area contributed by atoms with Crippen LogP contribution in [0.25, 0.3) is 0 Å². The van der Waals surface area contributed by atoms with E-state index in [1.807, 2.05) is 12.3 Å². The fourth-order valence-electron chi connectivity index (χ4n) is 1.58. The Morgan fingerprint density at radius 3 is 2.70 bits per heavy atom. The minimum Gasteiger partial charge on any atom is -0.392 e. The minimum atomic E-state index is -3.70. The Labute approximate surface area is 121 Å². The zero-order valence-corrected chi connectivity index (χ0v) is 12.7. The number of aromatic nitrogens is 2. The smallest absolute Gasteiger partial charge is 0.258 e. The SMILES string of the molecule is Cc1csc(C(C)NS(=O)(=O)c2ccc(CO)cn2)n1. The molecule has 0 spiro atoms. The maximum atomic E-state index is 12.2. The van der Waals surface area contributed by atoms with E-state index in [-0.39, 0.29) is 11.6 Å². The normalized spacial score (nSPS) is 13.3. The number of pyridine rings is 1. The number of rotatable bonds is 5. The Bertz CT molecular complexity index is 680. The van der Waals surface area contributed by atoms with E-state index in [0.29, 0.717) is 10.6 Å². The van der Waals surface area contributed by atoms with E-state index in [1.165, 1.54) is 29.7 Å². The average Bonchev–Trinajstić information content (AvgIpc) is 2.85. The summed E-state index contributed by atoms with van der Waals surface area (Å²) >= 11 is 1.41. The lowest BCUT2D eigenvalue weighted by Crippen LogP contribution is -2.27. The van der Waals surface area contributed by atoms with Crippen molar-refractivity contribution in [3.8, 4) is 0 Å². The fraction of sp³-hybridized carbons (Fsp3) is 0.333. The van der Waals surface area contributed by atoms with Crippen LogP contribution < -0.4 is 4.72 Å². The van der Waals surface area contributed by atoms with E-state index in [0.717, 1.165) is 5.69 Å². The molecule has 2 aromatic heterocycles. The molecule has 0 saturated carbocycles. The lowest BCUT2D eigenvalue weighted by molar-refractivity contribution is 0.281. The van der Waals surface area contributed by atoms with Gasteiger partial charge < -0.3 is 5.11 Å². The largest absolute Gasteiger partial charge is 0.392 e. The van der Waals surface area contributed by atoms with Crippen LogP contribution in [0.1, 0.15) is 29.2 Å². The summed E-state index contributed by atoms with van der Waals surface area (Å²) < 4.78 is 26.9. The Morgan fingerprint density at radius 1 is 1.45 bits per heavy atom. The molecule has 2 heterocycles. The molecule has 0 fully saturated rings. The van der Waals surface area contributed by atoms with Crippen LogP contribution in [0.4, 0.5) is 0 Å². The highest BCUT2D eigenvalue weighted by molar-refractivity contribution is 7.89. The van der Waals surface area contributed by atoms with Gasteiger partial charge in [-0.3, -0.25) is 0 Å². The van der Waals surface area contributed by atoms with E-state index in [4.69, 9.17) is 5.11 Å². The Morgan fingerprint density at radius 2 is 2.20 bits per heavy atom. The van der Waals surface area contributed by atoms with Crippen LogP contribution in [0.5, 0.6) is 0 Å². The Balaban J connectivity index is 2.17. The standard InChI is InChI=1S/C12H15N3O3S2/c1-8-7-19-12(14-8)9(2)15-20(17,18)11-4-3-10(6-16)5-13-11/h3-5,7,9,15-16H,6H2,1-2H3. The molecule has 0 amide bonds. The zero-order chi connectivity index (χ0) is 14.8. The first-order chi connectivity index (χ1) is 9.42. The molecule has 1 atom stereocenters. The molecule has 2 rings (SSSR count). The molecule has 2 aromatic rings. The molecule has 0 aliphatic carbocycles. The Kier molecular flexibility index (Phi) is 4.48. The van der Waals surface area contributed by atoms with Crippen molar-refractivity contribution in [3.63, 3.8) is 0 Å². The number of sulfonamides is 1. The van der Waals surface area contributed by atoms with Crippen LogP contribution in [-0.2, 0) is 16.6 Å².